The van der Waals surface area contributed by atoms with Gasteiger partial charge >= 0.3 is 5.63 Å². The van der Waals surface area contributed by atoms with Crippen molar-refractivity contribution >= 4 is 68.1 Å². The van der Waals surface area contributed by atoms with Crippen LogP contribution in [0.3, 0.4) is 0 Å². The van der Waals surface area contributed by atoms with Crippen molar-refractivity contribution in [2.45, 2.75) is 30.4 Å². The third-order valence-electron chi connectivity index (χ3n) is 4.57. The van der Waals surface area contributed by atoms with Crippen LogP contribution < -0.4 is 16.3 Å². The van der Waals surface area contributed by atoms with Crippen LogP contribution in [-0.4, -0.2) is 16.1 Å². The van der Waals surface area contributed by atoms with Gasteiger partial charge in [-0.25, -0.2) is 4.79 Å². The Hall–Kier alpha value is -2.88. The first-order valence-electron chi connectivity index (χ1n) is 9.77. The normalized spacial score (nSPS) is 11.0. The zero-order valence-electron chi connectivity index (χ0n) is 17.3. The van der Waals surface area contributed by atoms with E-state index in [1.807, 2.05) is 43.3 Å². The van der Waals surface area contributed by atoms with Crippen molar-refractivity contribution in [2.24, 2.45) is 0 Å². The van der Waals surface area contributed by atoms with Crippen molar-refractivity contribution in [1.29, 1.82) is 0 Å². The molecule has 10 heteroatoms. The first kappa shape index (κ1) is 22.3. The van der Waals surface area contributed by atoms with Gasteiger partial charge in [0.25, 0.3) is 0 Å². The molecule has 0 bridgehead atoms. The maximum Gasteiger partial charge on any atom is 0.336 e. The molecule has 0 saturated carbocycles. The van der Waals surface area contributed by atoms with Gasteiger partial charge in [-0.05, 0) is 47.9 Å². The number of hydrogen-bond donors (Lipinski definition) is 2. The molecule has 0 atom stereocenters. The minimum absolute atomic E-state index is 0.133. The summed E-state index contributed by atoms with van der Waals surface area (Å²) < 4.78 is 6.12. The first-order valence-corrected chi connectivity index (χ1v) is 12.0. The van der Waals surface area contributed by atoms with Gasteiger partial charge in [0.1, 0.15) is 5.58 Å². The van der Waals surface area contributed by atoms with E-state index in [2.05, 4.69) is 20.8 Å². The summed E-state index contributed by atoms with van der Waals surface area (Å²) in [6, 6.07) is 12.5. The summed E-state index contributed by atoms with van der Waals surface area (Å²) in [5.74, 6) is 0.391. The molecule has 2 aromatic heterocycles. The van der Waals surface area contributed by atoms with Crippen molar-refractivity contribution in [3.8, 4) is 0 Å². The van der Waals surface area contributed by atoms with Gasteiger partial charge in [-0.1, -0.05) is 47.7 Å². The lowest BCUT2D eigenvalue weighted by Crippen LogP contribution is -2.05. The van der Waals surface area contributed by atoms with E-state index in [0.717, 1.165) is 33.0 Å². The van der Waals surface area contributed by atoms with E-state index in [1.54, 1.807) is 0 Å². The van der Waals surface area contributed by atoms with Crippen molar-refractivity contribution in [2.75, 3.05) is 10.6 Å². The van der Waals surface area contributed by atoms with E-state index in [-0.39, 0.29) is 5.91 Å². The van der Waals surface area contributed by atoms with Gasteiger partial charge < -0.3 is 15.1 Å². The van der Waals surface area contributed by atoms with E-state index in [9.17, 15) is 9.59 Å². The van der Waals surface area contributed by atoms with Crippen LogP contribution in [0.4, 0.5) is 16.5 Å². The molecule has 1 amide bonds. The Labute approximate surface area is 197 Å². The van der Waals surface area contributed by atoms with Crippen LogP contribution in [0.1, 0.15) is 25.0 Å². The van der Waals surface area contributed by atoms with Crippen LogP contribution >= 0.6 is 34.7 Å². The third-order valence-corrected chi connectivity index (χ3v) is 6.94. The Bertz CT molecular complexity index is 1350. The highest BCUT2D eigenvalue weighted by atomic mass is 35.5. The van der Waals surface area contributed by atoms with Crippen LogP contribution in [0, 0.1) is 0 Å². The number of benzene rings is 2. The van der Waals surface area contributed by atoms with Crippen LogP contribution in [0.5, 0.6) is 0 Å². The summed E-state index contributed by atoms with van der Waals surface area (Å²) in [5.41, 5.74) is 3.40. The zero-order valence-corrected chi connectivity index (χ0v) is 19.7. The van der Waals surface area contributed by atoms with Gasteiger partial charge in [-0.3, -0.25) is 4.79 Å². The fraction of sp³-hybridized carbons (Fsp3) is 0.182. The lowest BCUT2D eigenvalue weighted by Gasteiger charge is -2.07. The fourth-order valence-corrected chi connectivity index (χ4v) is 5.20. The number of fused-ring (bicyclic) bond motifs is 1. The number of anilines is 3. The number of nitrogens with one attached hydrogen (secondary N) is 2. The predicted molar refractivity (Wildman–Crippen MR) is 130 cm³/mol. The monoisotopic (exact) mass is 486 g/mol. The molecule has 4 aromatic rings. The number of aryl methyl sites for hydroxylation is 1. The molecule has 7 nitrogen and oxygen atoms in total. The lowest BCUT2D eigenvalue weighted by molar-refractivity contribution is -0.114. The van der Waals surface area contributed by atoms with Gasteiger partial charge in [0, 0.05) is 40.5 Å². The second-order valence-electron chi connectivity index (χ2n) is 6.93. The van der Waals surface area contributed by atoms with Crippen LogP contribution in [-0.2, 0) is 17.0 Å². The molecule has 0 unspecified atom stereocenters. The van der Waals surface area contributed by atoms with Crippen LogP contribution in [0.15, 0.2) is 56.0 Å². The smallest absolute Gasteiger partial charge is 0.336 e. The molecule has 0 aliphatic heterocycles. The average Bonchev–Trinajstić information content (AvgIpc) is 3.19. The Morgan fingerprint density at radius 3 is 2.75 bits per heavy atom. The van der Waals surface area contributed by atoms with Crippen LogP contribution in [0.25, 0.3) is 11.0 Å². The van der Waals surface area contributed by atoms with Gasteiger partial charge in [-0.2, -0.15) is 0 Å². The SMILES string of the molecule is CCc1cc2oc(=O)cc(CSc3nnc(Nc4cccc(NC(C)=O)c4)s3)c2cc1Cl. The van der Waals surface area contributed by atoms with Crippen molar-refractivity contribution in [3.05, 3.63) is 69.0 Å². The quantitative estimate of drug-likeness (QED) is 0.249. The number of nitrogens with zero attached hydrogens (tertiary/aromatic N) is 2. The number of carbonyl (C=O) groups excluding carboxylic acids is 1. The Morgan fingerprint density at radius 1 is 1.16 bits per heavy atom. The number of amides is 1. The molecule has 2 N–H and O–H groups in total. The molecule has 4 rings (SSSR count). The number of hydrogen-bond acceptors (Lipinski definition) is 8. The van der Waals surface area contributed by atoms with E-state index < -0.39 is 5.63 Å². The molecule has 0 saturated heterocycles. The number of carbonyl (C=O) groups is 1. The summed E-state index contributed by atoms with van der Waals surface area (Å²) in [7, 11) is 0. The molecule has 164 valence electrons. The van der Waals surface area contributed by atoms with Crippen molar-refractivity contribution in [3.63, 3.8) is 0 Å². The molecular weight excluding hydrogens is 468 g/mol. The molecule has 0 spiro atoms. The maximum atomic E-state index is 12.0. The molecule has 0 fully saturated rings. The van der Waals surface area contributed by atoms with Gasteiger partial charge in [0.15, 0.2) is 4.34 Å². The number of halogens is 1. The Balaban J connectivity index is 1.49. The molecular formula is C22H19ClN4O3S2. The fourth-order valence-electron chi connectivity index (χ4n) is 3.14. The summed E-state index contributed by atoms with van der Waals surface area (Å²) in [4.78, 5) is 23.3. The highest BCUT2D eigenvalue weighted by Gasteiger charge is 2.12. The Morgan fingerprint density at radius 2 is 1.97 bits per heavy atom. The number of thioether (sulfide) groups is 1. The first-order chi connectivity index (χ1) is 15.4. The van der Waals surface area contributed by atoms with Crippen molar-refractivity contribution < 1.29 is 9.21 Å². The van der Waals surface area contributed by atoms with E-state index in [1.165, 1.54) is 36.1 Å². The molecule has 0 radical (unpaired) electrons. The van der Waals surface area contributed by atoms with Crippen molar-refractivity contribution in [1.82, 2.24) is 10.2 Å². The topological polar surface area (TPSA) is 97.1 Å². The maximum absolute atomic E-state index is 12.0. The summed E-state index contributed by atoms with van der Waals surface area (Å²) in [5, 5.41) is 16.4. The van der Waals surface area contributed by atoms with Crippen LogP contribution in [0.2, 0.25) is 5.02 Å². The standard InChI is InChI=1S/C22H19ClN4O3S2/c1-3-13-7-19-17(10-18(13)23)14(8-20(29)30-19)11-31-22-27-26-21(32-22)25-16-6-4-5-15(9-16)24-12(2)28/h4-10H,3,11H2,1-2H3,(H,24,28)(H,25,26). The molecule has 0 aliphatic carbocycles. The number of rotatable bonds is 7. The highest BCUT2D eigenvalue weighted by molar-refractivity contribution is 8.00. The third kappa shape index (κ3) is 5.29. The zero-order chi connectivity index (χ0) is 22.7. The second kappa shape index (κ2) is 9.72. The molecule has 2 heterocycles. The molecule has 32 heavy (non-hydrogen) atoms. The second-order valence-corrected chi connectivity index (χ2v) is 9.54. The summed E-state index contributed by atoms with van der Waals surface area (Å²) >= 11 is 9.25. The van der Waals surface area contributed by atoms with Gasteiger partial charge in [-0.15, -0.1) is 10.2 Å². The average molecular weight is 487 g/mol. The lowest BCUT2D eigenvalue weighted by atomic mass is 10.1. The molecule has 0 aliphatic rings. The Kier molecular flexibility index (Phi) is 6.78. The van der Waals surface area contributed by atoms with Gasteiger partial charge in [0.2, 0.25) is 11.0 Å². The minimum Gasteiger partial charge on any atom is -0.423 e. The number of aromatic nitrogens is 2. The minimum atomic E-state index is -0.392. The predicted octanol–water partition coefficient (Wildman–Crippen LogP) is 5.85. The van der Waals surface area contributed by atoms with E-state index in [0.29, 0.717) is 27.2 Å². The van der Waals surface area contributed by atoms with Gasteiger partial charge in [0.05, 0.1) is 0 Å². The largest absolute Gasteiger partial charge is 0.423 e. The summed E-state index contributed by atoms with van der Waals surface area (Å²) in [6.07, 6.45) is 0.756. The molecule has 2 aromatic carbocycles. The van der Waals surface area contributed by atoms with E-state index in [4.69, 9.17) is 16.0 Å². The highest BCUT2D eigenvalue weighted by Crippen LogP contribution is 2.33. The summed E-state index contributed by atoms with van der Waals surface area (Å²) in [6.45, 7) is 3.47. The van der Waals surface area contributed by atoms with E-state index >= 15 is 0 Å².